The number of nitrogens with two attached hydrogens (primary N) is 1. The van der Waals surface area contributed by atoms with Crippen molar-refractivity contribution in [1.82, 2.24) is 4.31 Å². The van der Waals surface area contributed by atoms with Crippen molar-refractivity contribution in [2.24, 2.45) is 5.84 Å². The molecule has 0 amide bonds. The van der Waals surface area contributed by atoms with Gasteiger partial charge in [-0.05, 0) is 37.1 Å². The molecule has 0 heterocycles. The van der Waals surface area contributed by atoms with Crippen molar-refractivity contribution < 1.29 is 8.42 Å². The summed E-state index contributed by atoms with van der Waals surface area (Å²) in [4.78, 5) is 0.323. The maximum absolute atomic E-state index is 12.6. The number of unbranched alkanes of at least 4 members (excludes halogenated alkanes) is 2. The molecule has 0 saturated carbocycles. The number of hydrogen-bond donors (Lipinski definition) is 2. The maximum Gasteiger partial charge on any atom is 0.243 e. The van der Waals surface area contributed by atoms with Crippen LogP contribution in [0.5, 0.6) is 0 Å². The van der Waals surface area contributed by atoms with Gasteiger partial charge in [-0.25, -0.2) is 8.42 Å². The third kappa shape index (κ3) is 4.47. The molecule has 3 N–H and O–H groups in total. The van der Waals surface area contributed by atoms with Crippen LogP contribution in [0.3, 0.4) is 0 Å². The molecule has 0 fully saturated rings. The fraction of sp³-hybridized carbons (Fsp3) is 0.571. The van der Waals surface area contributed by atoms with Crippen LogP contribution in [0.15, 0.2) is 29.2 Å². The van der Waals surface area contributed by atoms with Crippen LogP contribution in [0.25, 0.3) is 0 Å². The van der Waals surface area contributed by atoms with Crippen LogP contribution < -0.4 is 11.3 Å². The number of anilines is 1. The molecule has 5 nitrogen and oxygen atoms in total. The second-order valence-corrected chi connectivity index (χ2v) is 6.72. The topological polar surface area (TPSA) is 75.4 Å². The molecular formula is C14H25N3O2S. The largest absolute Gasteiger partial charge is 0.324 e. The molecule has 0 radical (unpaired) electrons. The van der Waals surface area contributed by atoms with Crippen molar-refractivity contribution in [1.29, 1.82) is 0 Å². The summed E-state index contributed by atoms with van der Waals surface area (Å²) >= 11 is 0. The Kier molecular flexibility index (Phi) is 6.98. The molecule has 0 atom stereocenters. The molecule has 0 aliphatic rings. The number of rotatable bonds is 9. The number of nitrogens with zero attached hydrogens (tertiary/aromatic N) is 1. The molecule has 0 aliphatic heterocycles. The second kappa shape index (κ2) is 8.24. The maximum atomic E-state index is 12.6. The van der Waals surface area contributed by atoms with E-state index in [-0.39, 0.29) is 0 Å². The van der Waals surface area contributed by atoms with Gasteiger partial charge in [-0.1, -0.05) is 26.7 Å². The summed E-state index contributed by atoms with van der Waals surface area (Å²) in [6, 6.07) is 6.53. The number of hydrogen-bond acceptors (Lipinski definition) is 4. The van der Waals surface area contributed by atoms with Crippen molar-refractivity contribution in [3.8, 4) is 0 Å². The van der Waals surface area contributed by atoms with Gasteiger partial charge < -0.3 is 5.43 Å². The zero-order valence-electron chi connectivity index (χ0n) is 12.3. The summed E-state index contributed by atoms with van der Waals surface area (Å²) in [5, 5.41) is 0. The van der Waals surface area contributed by atoms with Gasteiger partial charge in [0.1, 0.15) is 0 Å². The van der Waals surface area contributed by atoms with Crippen LogP contribution in [-0.4, -0.2) is 25.8 Å². The normalized spacial score (nSPS) is 11.8. The summed E-state index contributed by atoms with van der Waals surface area (Å²) in [6.07, 6.45) is 3.72. The van der Waals surface area contributed by atoms with Crippen LogP contribution in [0.2, 0.25) is 0 Å². The van der Waals surface area contributed by atoms with Crippen LogP contribution in [0.4, 0.5) is 5.69 Å². The first kappa shape index (κ1) is 16.9. The van der Waals surface area contributed by atoms with Crippen molar-refractivity contribution in [2.75, 3.05) is 18.5 Å². The number of nitrogen functional groups attached to an aromatic ring is 1. The van der Waals surface area contributed by atoms with Gasteiger partial charge in [-0.15, -0.1) is 0 Å². The zero-order valence-corrected chi connectivity index (χ0v) is 13.1. The van der Waals surface area contributed by atoms with Crippen molar-refractivity contribution in [3.05, 3.63) is 24.3 Å². The minimum Gasteiger partial charge on any atom is -0.324 e. The average molecular weight is 299 g/mol. The van der Waals surface area contributed by atoms with E-state index in [2.05, 4.69) is 19.3 Å². The van der Waals surface area contributed by atoms with E-state index in [9.17, 15) is 8.42 Å². The van der Waals surface area contributed by atoms with Crippen molar-refractivity contribution in [2.45, 2.75) is 44.4 Å². The van der Waals surface area contributed by atoms with Gasteiger partial charge in [-0.3, -0.25) is 5.84 Å². The first-order valence-corrected chi connectivity index (χ1v) is 8.57. The van der Waals surface area contributed by atoms with E-state index >= 15 is 0 Å². The lowest BCUT2D eigenvalue weighted by Crippen LogP contribution is -2.33. The minimum atomic E-state index is -3.41. The molecule has 0 aliphatic carbocycles. The van der Waals surface area contributed by atoms with Crippen molar-refractivity contribution in [3.63, 3.8) is 0 Å². The van der Waals surface area contributed by atoms with Gasteiger partial charge in [0, 0.05) is 18.8 Å². The van der Waals surface area contributed by atoms with Crippen LogP contribution in [-0.2, 0) is 10.0 Å². The first-order valence-electron chi connectivity index (χ1n) is 7.13. The van der Waals surface area contributed by atoms with Gasteiger partial charge in [0.15, 0.2) is 0 Å². The molecule has 0 unspecified atom stereocenters. The Hall–Kier alpha value is -1.11. The lowest BCUT2D eigenvalue weighted by atomic mass is 10.3. The van der Waals surface area contributed by atoms with E-state index in [1.54, 1.807) is 28.6 Å². The first-order chi connectivity index (χ1) is 9.56. The van der Waals surface area contributed by atoms with Gasteiger partial charge >= 0.3 is 0 Å². The van der Waals surface area contributed by atoms with E-state index in [1.165, 1.54) is 0 Å². The Labute approximate surface area is 122 Å². The quantitative estimate of drug-likeness (QED) is 0.543. The highest BCUT2D eigenvalue weighted by Gasteiger charge is 2.23. The lowest BCUT2D eigenvalue weighted by molar-refractivity contribution is 0.395. The third-order valence-corrected chi connectivity index (χ3v) is 5.09. The Bertz CT molecular complexity index is 478. The predicted octanol–water partition coefficient (Wildman–Crippen LogP) is 2.56. The molecule has 1 rings (SSSR count). The van der Waals surface area contributed by atoms with E-state index in [4.69, 9.17) is 5.84 Å². The summed E-state index contributed by atoms with van der Waals surface area (Å²) in [5.74, 6) is 5.29. The predicted molar refractivity (Wildman–Crippen MR) is 82.8 cm³/mol. The molecular weight excluding hydrogens is 274 g/mol. The van der Waals surface area contributed by atoms with Crippen LogP contribution in [0, 0.1) is 0 Å². The second-order valence-electron chi connectivity index (χ2n) is 4.78. The van der Waals surface area contributed by atoms with Crippen LogP contribution >= 0.6 is 0 Å². The standard InChI is InChI=1S/C14H25N3O2S/c1-3-5-11-17(12-6-4-2)20(18,19)14-9-7-13(16-15)8-10-14/h7-10,16H,3-6,11-12,15H2,1-2H3. The minimum absolute atomic E-state index is 0.323. The van der Waals surface area contributed by atoms with Crippen LogP contribution in [0.1, 0.15) is 39.5 Å². The summed E-state index contributed by atoms with van der Waals surface area (Å²) in [5.41, 5.74) is 3.19. The van der Waals surface area contributed by atoms with E-state index in [0.717, 1.165) is 25.7 Å². The fourth-order valence-corrected chi connectivity index (χ4v) is 3.41. The highest BCUT2D eigenvalue weighted by atomic mass is 32.2. The Balaban J connectivity index is 2.94. The number of hydrazine groups is 1. The number of sulfonamides is 1. The van der Waals surface area contributed by atoms with Gasteiger partial charge in [0.25, 0.3) is 0 Å². The number of nitrogens with one attached hydrogen (secondary N) is 1. The van der Waals surface area contributed by atoms with Gasteiger partial charge in [0.2, 0.25) is 10.0 Å². The van der Waals surface area contributed by atoms with E-state index in [0.29, 0.717) is 23.7 Å². The Morgan fingerprint density at radius 1 is 1.05 bits per heavy atom. The van der Waals surface area contributed by atoms with E-state index < -0.39 is 10.0 Å². The Morgan fingerprint density at radius 2 is 1.55 bits per heavy atom. The molecule has 1 aromatic carbocycles. The van der Waals surface area contributed by atoms with Gasteiger partial charge in [-0.2, -0.15) is 4.31 Å². The summed E-state index contributed by atoms with van der Waals surface area (Å²) in [7, 11) is -3.41. The zero-order chi connectivity index (χ0) is 15.0. The monoisotopic (exact) mass is 299 g/mol. The summed E-state index contributed by atoms with van der Waals surface area (Å²) in [6.45, 7) is 5.28. The average Bonchev–Trinajstić information content (AvgIpc) is 2.47. The van der Waals surface area contributed by atoms with Gasteiger partial charge in [0.05, 0.1) is 4.90 Å². The molecule has 6 heteroatoms. The Morgan fingerprint density at radius 3 is 1.95 bits per heavy atom. The summed E-state index contributed by atoms with van der Waals surface area (Å²) < 4.78 is 26.8. The third-order valence-electron chi connectivity index (χ3n) is 3.18. The van der Waals surface area contributed by atoms with Crippen molar-refractivity contribution >= 4 is 15.7 Å². The smallest absolute Gasteiger partial charge is 0.243 e. The highest BCUT2D eigenvalue weighted by molar-refractivity contribution is 7.89. The molecule has 0 saturated heterocycles. The molecule has 0 bridgehead atoms. The lowest BCUT2D eigenvalue weighted by Gasteiger charge is -2.22. The highest BCUT2D eigenvalue weighted by Crippen LogP contribution is 2.19. The molecule has 20 heavy (non-hydrogen) atoms. The molecule has 0 aromatic heterocycles. The molecule has 1 aromatic rings. The van der Waals surface area contributed by atoms with E-state index in [1.807, 2.05) is 0 Å². The SMILES string of the molecule is CCCCN(CCCC)S(=O)(=O)c1ccc(NN)cc1. The fourth-order valence-electron chi connectivity index (χ4n) is 1.89. The molecule has 114 valence electrons. The molecule has 0 spiro atoms. The number of benzene rings is 1.